The van der Waals surface area contributed by atoms with Crippen molar-refractivity contribution < 1.29 is 19.0 Å². The van der Waals surface area contributed by atoms with Crippen LogP contribution in [-0.4, -0.2) is 18.8 Å². The zero-order valence-corrected chi connectivity index (χ0v) is 11.3. The fourth-order valence-corrected chi connectivity index (χ4v) is 1.90. The normalized spacial score (nSPS) is 10.3. The van der Waals surface area contributed by atoms with Crippen LogP contribution in [0.2, 0.25) is 0 Å². The number of aliphatic hydroxyl groups is 1. The van der Waals surface area contributed by atoms with Crippen molar-refractivity contribution in [2.24, 2.45) is 0 Å². The SMILES string of the molecule is COc1ccc(CCOc2c(F)cccc2CO)cc1. The average Bonchev–Trinajstić information content (AvgIpc) is 2.49. The summed E-state index contributed by atoms with van der Waals surface area (Å²) in [6.45, 7) is 0.107. The maximum Gasteiger partial charge on any atom is 0.165 e. The summed E-state index contributed by atoms with van der Waals surface area (Å²) >= 11 is 0. The average molecular weight is 276 g/mol. The van der Waals surface area contributed by atoms with Crippen LogP contribution in [0.1, 0.15) is 11.1 Å². The van der Waals surface area contributed by atoms with Crippen molar-refractivity contribution in [1.29, 1.82) is 0 Å². The Labute approximate surface area is 117 Å². The van der Waals surface area contributed by atoms with Crippen molar-refractivity contribution in [3.8, 4) is 11.5 Å². The van der Waals surface area contributed by atoms with E-state index in [1.54, 1.807) is 19.2 Å². The molecule has 0 aliphatic carbocycles. The summed E-state index contributed by atoms with van der Waals surface area (Å²) in [7, 11) is 1.62. The molecular formula is C16H17FO3. The van der Waals surface area contributed by atoms with Gasteiger partial charge in [0.25, 0.3) is 0 Å². The van der Waals surface area contributed by atoms with Gasteiger partial charge in [-0.25, -0.2) is 4.39 Å². The predicted octanol–water partition coefficient (Wildman–Crippen LogP) is 2.95. The fourth-order valence-electron chi connectivity index (χ4n) is 1.90. The molecule has 0 atom stereocenters. The van der Waals surface area contributed by atoms with Crippen molar-refractivity contribution in [2.45, 2.75) is 13.0 Å². The van der Waals surface area contributed by atoms with Crippen molar-refractivity contribution in [2.75, 3.05) is 13.7 Å². The van der Waals surface area contributed by atoms with Crippen LogP contribution < -0.4 is 9.47 Å². The van der Waals surface area contributed by atoms with E-state index in [-0.39, 0.29) is 12.4 Å². The zero-order valence-electron chi connectivity index (χ0n) is 11.3. The quantitative estimate of drug-likeness (QED) is 0.881. The van der Waals surface area contributed by atoms with Crippen LogP contribution in [0.25, 0.3) is 0 Å². The summed E-state index contributed by atoms with van der Waals surface area (Å²) in [6, 6.07) is 12.1. The molecule has 0 unspecified atom stereocenters. The van der Waals surface area contributed by atoms with E-state index in [2.05, 4.69) is 0 Å². The van der Waals surface area contributed by atoms with Crippen LogP contribution in [0.4, 0.5) is 4.39 Å². The highest BCUT2D eigenvalue weighted by atomic mass is 19.1. The van der Waals surface area contributed by atoms with Gasteiger partial charge in [0.05, 0.1) is 20.3 Å². The summed E-state index contributed by atoms with van der Waals surface area (Å²) in [5, 5.41) is 9.16. The molecule has 2 rings (SSSR count). The second-order valence-corrected chi connectivity index (χ2v) is 4.33. The largest absolute Gasteiger partial charge is 0.497 e. The van der Waals surface area contributed by atoms with Crippen molar-refractivity contribution in [3.63, 3.8) is 0 Å². The van der Waals surface area contributed by atoms with E-state index in [4.69, 9.17) is 14.6 Å². The minimum absolute atomic E-state index is 0.128. The number of para-hydroxylation sites is 1. The smallest absolute Gasteiger partial charge is 0.165 e. The van der Waals surface area contributed by atoms with Crippen LogP contribution in [0, 0.1) is 5.82 Å². The Morgan fingerprint density at radius 3 is 2.50 bits per heavy atom. The van der Waals surface area contributed by atoms with Crippen molar-refractivity contribution >= 4 is 0 Å². The molecule has 0 bridgehead atoms. The molecule has 0 aliphatic heterocycles. The van der Waals surface area contributed by atoms with E-state index < -0.39 is 5.82 Å². The van der Waals surface area contributed by atoms with E-state index >= 15 is 0 Å². The van der Waals surface area contributed by atoms with Gasteiger partial charge in [0.1, 0.15) is 5.75 Å². The summed E-state index contributed by atoms with van der Waals surface area (Å²) in [5.74, 6) is 0.473. The number of hydrogen-bond acceptors (Lipinski definition) is 3. The van der Waals surface area contributed by atoms with E-state index in [1.165, 1.54) is 6.07 Å². The van der Waals surface area contributed by atoms with E-state index in [0.29, 0.717) is 18.6 Å². The second kappa shape index (κ2) is 6.91. The fraction of sp³-hybridized carbons (Fsp3) is 0.250. The number of benzene rings is 2. The Bertz CT molecular complexity index is 552. The Balaban J connectivity index is 1.95. The summed E-state index contributed by atoms with van der Waals surface area (Å²) in [6.07, 6.45) is 0.656. The molecule has 0 fully saturated rings. The zero-order chi connectivity index (χ0) is 14.4. The lowest BCUT2D eigenvalue weighted by atomic mass is 10.1. The molecule has 0 heterocycles. The predicted molar refractivity (Wildman–Crippen MR) is 74.5 cm³/mol. The lowest BCUT2D eigenvalue weighted by Crippen LogP contribution is -2.05. The number of ether oxygens (including phenoxy) is 2. The molecule has 20 heavy (non-hydrogen) atoms. The number of halogens is 1. The summed E-state index contributed by atoms with van der Waals surface area (Å²) in [5.41, 5.74) is 1.53. The monoisotopic (exact) mass is 276 g/mol. The van der Waals surface area contributed by atoms with Crippen molar-refractivity contribution in [3.05, 3.63) is 59.4 Å². The highest BCUT2D eigenvalue weighted by Crippen LogP contribution is 2.23. The first-order valence-corrected chi connectivity index (χ1v) is 6.38. The third kappa shape index (κ3) is 3.48. The second-order valence-electron chi connectivity index (χ2n) is 4.33. The third-order valence-corrected chi connectivity index (χ3v) is 3.02. The lowest BCUT2D eigenvalue weighted by molar-refractivity contribution is 0.257. The van der Waals surface area contributed by atoms with Gasteiger partial charge in [-0.05, 0) is 23.8 Å². The number of aliphatic hydroxyl groups excluding tert-OH is 1. The number of rotatable bonds is 6. The highest BCUT2D eigenvalue weighted by molar-refractivity contribution is 5.34. The van der Waals surface area contributed by atoms with Crippen molar-refractivity contribution in [1.82, 2.24) is 0 Å². The standard InChI is InChI=1S/C16H17FO3/c1-19-14-7-5-12(6-8-14)9-10-20-16-13(11-18)3-2-4-15(16)17/h2-8,18H,9-11H2,1H3. The van der Waals surface area contributed by atoms with Crippen LogP contribution in [0.3, 0.4) is 0 Å². The van der Waals surface area contributed by atoms with Gasteiger partial charge in [-0.3, -0.25) is 0 Å². The van der Waals surface area contributed by atoms with Gasteiger partial charge < -0.3 is 14.6 Å². The first-order valence-electron chi connectivity index (χ1n) is 6.38. The minimum Gasteiger partial charge on any atom is -0.497 e. The topological polar surface area (TPSA) is 38.7 Å². The van der Waals surface area contributed by atoms with Gasteiger partial charge in [0, 0.05) is 12.0 Å². The molecule has 0 saturated heterocycles. The third-order valence-electron chi connectivity index (χ3n) is 3.02. The molecule has 2 aromatic carbocycles. The maximum atomic E-state index is 13.6. The van der Waals surface area contributed by atoms with Gasteiger partial charge in [0.15, 0.2) is 11.6 Å². The van der Waals surface area contributed by atoms with Gasteiger partial charge in [-0.15, -0.1) is 0 Å². The van der Waals surface area contributed by atoms with Crippen LogP contribution in [0.5, 0.6) is 11.5 Å². The highest BCUT2D eigenvalue weighted by Gasteiger charge is 2.08. The number of hydrogen-bond donors (Lipinski definition) is 1. The summed E-state index contributed by atoms with van der Waals surface area (Å²) in [4.78, 5) is 0. The number of methoxy groups -OCH3 is 1. The van der Waals surface area contributed by atoms with Gasteiger partial charge in [0.2, 0.25) is 0 Å². The van der Waals surface area contributed by atoms with E-state index in [0.717, 1.165) is 11.3 Å². The maximum absolute atomic E-state index is 13.6. The first-order chi connectivity index (χ1) is 9.74. The molecule has 0 aliphatic rings. The molecule has 0 aromatic heterocycles. The van der Waals surface area contributed by atoms with E-state index in [1.807, 2.05) is 24.3 Å². The molecule has 0 radical (unpaired) electrons. The molecule has 106 valence electrons. The van der Waals surface area contributed by atoms with Gasteiger partial charge in [-0.1, -0.05) is 24.3 Å². The summed E-state index contributed by atoms with van der Waals surface area (Å²) < 4.78 is 24.1. The van der Waals surface area contributed by atoms with Crippen LogP contribution in [0.15, 0.2) is 42.5 Å². The molecule has 3 nitrogen and oxygen atoms in total. The van der Waals surface area contributed by atoms with Crippen LogP contribution in [-0.2, 0) is 13.0 Å². The molecule has 0 spiro atoms. The van der Waals surface area contributed by atoms with E-state index in [9.17, 15) is 4.39 Å². The molecule has 0 saturated carbocycles. The molecule has 0 amide bonds. The lowest BCUT2D eigenvalue weighted by Gasteiger charge is -2.11. The molecule has 1 N–H and O–H groups in total. The molecule has 4 heteroatoms. The van der Waals surface area contributed by atoms with Gasteiger partial charge >= 0.3 is 0 Å². The molecular weight excluding hydrogens is 259 g/mol. The Hall–Kier alpha value is -2.07. The Morgan fingerprint density at radius 2 is 1.85 bits per heavy atom. The van der Waals surface area contributed by atoms with Gasteiger partial charge in [-0.2, -0.15) is 0 Å². The Morgan fingerprint density at radius 1 is 1.10 bits per heavy atom. The first kappa shape index (κ1) is 14.3. The van der Waals surface area contributed by atoms with Crippen LogP contribution >= 0.6 is 0 Å². The Kier molecular flexibility index (Phi) is 4.96. The molecule has 2 aromatic rings. The minimum atomic E-state index is -0.453.